The van der Waals surface area contributed by atoms with E-state index in [1.807, 2.05) is 4.72 Å². The van der Waals surface area contributed by atoms with Gasteiger partial charge in [0, 0.05) is 5.56 Å². The largest absolute Gasteiger partial charge is 0.480 e. The maximum Gasteiger partial charge on any atom is 0.322 e. The Hall–Kier alpha value is -2.26. The molecule has 0 unspecified atom stereocenters. The number of nitrogens with two attached hydrogens (primary N) is 1. The highest BCUT2D eigenvalue weighted by Gasteiger charge is 2.27. The molecule has 1 aromatic carbocycles. The highest BCUT2D eigenvalue weighted by molar-refractivity contribution is 7.89. The molecule has 0 aromatic heterocycles. The predicted molar refractivity (Wildman–Crippen MR) is 72.0 cm³/mol. The van der Waals surface area contributed by atoms with Crippen molar-refractivity contribution < 1.29 is 27.9 Å². The van der Waals surface area contributed by atoms with Crippen molar-refractivity contribution in [3.63, 3.8) is 0 Å². The number of Topliss-reactive ketones (excluding diaryl/α,β-unsaturated/α-hetero) is 1. The molecule has 1 amide bonds. The van der Waals surface area contributed by atoms with E-state index in [0.717, 1.165) is 6.07 Å². The van der Waals surface area contributed by atoms with E-state index in [-0.39, 0.29) is 16.2 Å². The van der Waals surface area contributed by atoms with E-state index < -0.39 is 34.4 Å². The number of nitrogens with one attached hydrogen (secondary N) is 1. The number of amides is 1. The number of carboxylic acid groups (broad SMARTS) is 1. The van der Waals surface area contributed by atoms with Crippen LogP contribution in [0.4, 0.5) is 0 Å². The van der Waals surface area contributed by atoms with Gasteiger partial charge in [-0.2, -0.15) is 4.72 Å². The second-order valence-electron chi connectivity index (χ2n) is 4.27. The third-order valence-electron chi connectivity index (χ3n) is 2.55. The van der Waals surface area contributed by atoms with Crippen LogP contribution in [0.15, 0.2) is 29.2 Å². The minimum atomic E-state index is -4.20. The van der Waals surface area contributed by atoms with Gasteiger partial charge in [0.2, 0.25) is 15.9 Å². The lowest BCUT2D eigenvalue weighted by Crippen LogP contribution is -2.43. The Bertz CT molecular complexity index is 683. The summed E-state index contributed by atoms with van der Waals surface area (Å²) in [5, 5.41) is 8.89. The number of carbonyl (C=O) groups is 3. The molecule has 1 aromatic rings. The SMILES string of the molecule is CC(=O)c1cccc(S(=O)(=O)N[C@H](CC(N)=O)C(=O)O)c1. The van der Waals surface area contributed by atoms with Gasteiger partial charge in [0.25, 0.3) is 0 Å². The number of aliphatic carboxylic acids is 1. The molecule has 1 rings (SSSR count). The molecule has 0 radical (unpaired) electrons. The molecule has 0 aliphatic carbocycles. The summed E-state index contributed by atoms with van der Waals surface area (Å²) < 4.78 is 26.0. The summed E-state index contributed by atoms with van der Waals surface area (Å²) >= 11 is 0. The molecule has 0 aliphatic heterocycles. The Morgan fingerprint density at radius 3 is 2.43 bits per heavy atom. The van der Waals surface area contributed by atoms with Crippen LogP contribution in [0, 0.1) is 0 Å². The van der Waals surface area contributed by atoms with Crippen LogP contribution < -0.4 is 10.5 Å². The fourth-order valence-electron chi connectivity index (χ4n) is 1.52. The first-order valence-corrected chi connectivity index (χ1v) is 7.26. The summed E-state index contributed by atoms with van der Waals surface area (Å²) in [6.07, 6.45) is -0.680. The lowest BCUT2D eigenvalue weighted by molar-refractivity contribution is -0.140. The van der Waals surface area contributed by atoms with Crippen LogP contribution in [0.25, 0.3) is 0 Å². The Morgan fingerprint density at radius 2 is 1.95 bits per heavy atom. The molecule has 0 saturated heterocycles. The third kappa shape index (κ3) is 4.65. The van der Waals surface area contributed by atoms with Crippen LogP contribution in [0.1, 0.15) is 23.7 Å². The normalized spacial score (nSPS) is 12.6. The zero-order valence-electron chi connectivity index (χ0n) is 11.1. The van der Waals surface area contributed by atoms with E-state index in [0.29, 0.717) is 0 Å². The fourth-order valence-corrected chi connectivity index (χ4v) is 2.75. The van der Waals surface area contributed by atoms with Crippen LogP contribution in [0.2, 0.25) is 0 Å². The summed E-state index contributed by atoms with van der Waals surface area (Å²) in [6, 6.07) is 3.44. The molecule has 1 atom stereocenters. The van der Waals surface area contributed by atoms with Crippen molar-refractivity contribution in [2.75, 3.05) is 0 Å². The summed E-state index contributed by atoms with van der Waals surface area (Å²) in [5.41, 5.74) is 5.04. The maximum absolute atomic E-state index is 12.1. The molecule has 0 bridgehead atoms. The van der Waals surface area contributed by atoms with Gasteiger partial charge in [-0.05, 0) is 19.1 Å². The van der Waals surface area contributed by atoms with Gasteiger partial charge in [-0.3, -0.25) is 14.4 Å². The van der Waals surface area contributed by atoms with E-state index in [1.54, 1.807) is 0 Å². The zero-order valence-corrected chi connectivity index (χ0v) is 11.9. The first-order valence-electron chi connectivity index (χ1n) is 5.78. The molecule has 0 heterocycles. The second-order valence-corrected chi connectivity index (χ2v) is 5.98. The van der Waals surface area contributed by atoms with Crippen molar-refractivity contribution in [1.29, 1.82) is 0 Å². The number of rotatable bonds is 7. The van der Waals surface area contributed by atoms with Crippen LogP contribution in [0.3, 0.4) is 0 Å². The molecule has 0 spiro atoms. The van der Waals surface area contributed by atoms with Gasteiger partial charge >= 0.3 is 5.97 Å². The third-order valence-corrected chi connectivity index (χ3v) is 4.02. The van der Waals surface area contributed by atoms with Gasteiger partial charge < -0.3 is 10.8 Å². The number of hydrogen-bond donors (Lipinski definition) is 3. The average molecular weight is 314 g/mol. The molecular weight excluding hydrogens is 300 g/mol. The lowest BCUT2D eigenvalue weighted by Gasteiger charge is -2.13. The Balaban J connectivity index is 3.10. The Morgan fingerprint density at radius 1 is 1.33 bits per heavy atom. The van der Waals surface area contributed by atoms with Gasteiger partial charge in [-0.1, -0.05) is 12.1 Å². The minimum Gasteiger partial charge on any atom is -0.480 e. The number of sulfonamides is 1. The Kier molecular flexibility index (Phi) is 5.17. The molecule has 0 aliphatic rings. The molecular formula is C12H14N2O6S. The number of ketones is 1. The minimum absolute atomic E-state index is 0.166. The van der Waals surface area contributed by atoms with E-state index in [2.05, 4.69) is 0 Å². The number of carboxylic acids is 1. The summed E-state index contributed by atoms with van der Waals surface area (Å²) in [4.78, 5) is 32.6. The van der Waals surface area contributed by atoms with Crippen molar-refractivity contribution in [1.82, 2.24) is 4.72 Å². The van der Waals surface area contributed by atoms with Crippen molar-refractivity contribution in [3.8, 4) is 0 Å². The van der Waals surface area contributed by atoms with Crippen molar-refractivity contribution in [2.45, 2.75) is 24.3 Å². The number of primary amides is 1. The maximum atomic E-state index is 12.1. The number of hydrogen-bond acceptors (Lipinski definition) is 5. The van der Waals surface area contributed by atoms with Gasteiger partial charge in [0.1, 0.15) is 6.04 Å². The van der Waals surface area contributed by atoms with Crippen LogP contribution >= 0.6 is 0 Å². The first-order chi connectivity index (χ1) is 9.63. The highest BCUT2D eigenvalue weighted by atomic mass is 32.2. The van der Waals surface area contributed by atoms with Crippen LogP contribution in [-0.4, -0.2) is 37.2 Å². The summed E-state index contributed by atoms with van der Waals surface area (Å²) in [7, 11) is -4.20. The van der Waals surface area contributed by atoms with Crippen LogP contribution in [0.5, 0.6) is 0 Å². The smallest absolute Gasteiger partial charge is 0.322 e. The van der Waals surface area contributed by atoms with E-state index in [9.17, 15) is 22.8 Å². The number of benzene rings is 1. The zero-order chi connectivity index (χ0) is 16.2. The molecule has 9 heteroatoms. The van der Waals surface area contributed by atoms with Crippen molar-refractivity contribution >= 4 is 27.7 Å². The van der Waals surface area contributed by atoms with Crippen molar-refractivity contribution in [2.24, 2.45) is 5.73 Å². The number of carbonyl (C=O) groups excluding carboxylic acids is 2. The van der Waals surface area contributed by atoms with Gasteiger partial charge in [0.05, 0.1) is 11.3 Å². The van der Waals surface area contributed by atoms with Gasteiger partial charge in [-0.15, -0.1) is 0 Å². The lowest BCUT2D eigenvalue weighted by atomic mass is 10.2. The fraction of sp³-hybridized carbons (Fsp3) is 0.250. The first kappa shape index (κ1) is 16.8. The van der Waals surface area contributed by atoms with E-state index in [4.69, 9.17) is 10.8 Å². The summed E-state index contributed by atoms with van der Waals surface area (Å²) in [5.74, 6) is -2.82. The van der Waals surface area contributed by atoms with E-state index in [1.165, 1.54) is 25.1 Å². The quantitative estimate of drug-likeness (QED) is 0.578. The monoisotopic (exact) mass is 314 g/mol. The van der Waals surface area contributed by atoms with Gasteiger partial charge in [0.15, 0.2) is 5.78 Å². The molecule has 4 N–H and O–H groups in total. The van der Waals surface area contributed by atoms with Gasteiger partial charge in [-0.25, -0.2) is 8.42 Å². The molecule has 21 heavy (non-hydrogen) atoms. The highest BCUT2D eigenvalue weighted by Crippen LogP contribution is 2.13. The average Bonchev–Trinajstić information content (AvgIpc) is 2.37. The van der Waals surface area contributed by atoms with Crippen molar-refractivity contribution in [3.05, 3.63) is 29.8 Å². The Labute approximate surface area is 121 Å². The summed E-state index contributed by atoms with van der Waals surface area (Å²) in [6.45, 7) is 1.27. The predicted octanol–water partition coefficient (Wildman–Crippen LogP) is -0.504. The molecule has 8 nitrogen and oxygen atoms in total. The standard InChI is InChI=1S/C12H14N2O6S/c1-7(15)8-3-2-4-9(5-8)21(19,20)14-10(12(17)18)6-11(13)16/h2-5,10,14H,6H2,1H3,(H2,13,16)(H,17,18)/t10-/m1/s1. The molecule has 114 valence electrons. The topological polar surface area (TPSA) is 144 Å². The second kappa shape index (κ2) is 6.46. The van der Waals surface area contributed by atoms with Crippen LogP contribution in [-0.2, 0) is 19.6 Å². The molecule has 0 fully saturated rings. The van der Waals surface area contributed by atoms with E-state index >= 15 is 0 Å². The molecule has 0 saturated carbocycles.